The van der Waals surface area contributed by atoms with Gasteiger partial charge in [-0.3, -0.25) is 4.79 Å². The summed E-state index contributed by atoms with van der Waals surface area (Å²) in [5.74, 6) is 1.32. The molecule has 0 bridgehead atoms. The Hall–Kier alpha value is -2.03. The summed E-state index contributed by atoms with van der Waals surface area (Å²) in [5, 5.41) is 0. The molecule has 0 aliphatic rings. The lowest BCUT2D eigenvalue weighted by Gasteiger charge is -2.04. The zero-order valence-electron chi connectivity index (χ0n) is 17.0. The van der Waals surface area contributed by atoms with Crippen molar-refractivity contribution in [2.75, 3.05) is 24.9 Å². The minimum Gasteiger partial charge on any atom is -0.465 e. The molecule has 2 aromatic carbocycles. The van der Waals surface area contributed by atoms with E-state index in [1.165, 1.54) is 23.3 Å². The minimum atomic E-state index is -0.369. The van der Waals surface area contributed by atoms with Gasteiger partial charge in [0.1, 0.15) is 0 Å². The number of benzene rings is 2. The number of aromatic nitrogens is 1. The van der Waals surface area contributed by atoms with E-state index in [1.54, 1.807) is 35.7 Å². The van der Waals surface area contributed by atoms with Gasteiger partial charge in [0.15, 0.2) is 4.80 Å². The second-order valence-corrected chi connectivity index (χ2v) is 9.64. The zero-order chi connectivity index (χ0) is 21.3. The van der Waals surface area contributed by atoms with Crippen LogP contribution < -0.4 is 4.80 Å². The first-order valence-corrected chi connectivity index (χ1v) is 12.8. The average Bonchev–Trinajstić information content (AvgIpc) is 3.11. The Morgan fingerprint density at radius 3 is 2.67 bits per heavy atom. The highest BCUT2D eigenvalue weighted by Crippen LogP contribution is 2.21. The van der Waals surface area contributed by atoms with E-state index in [1.807, 2.05) is 24.3 Å². The molecule has 3 aromatic rings. The number of amides is 1. The maximum Gasteiger partial charge on any atom is 0.337 e. The minimum absolute atomic E-state index is 0.110. The van der Waals surface area contributed by atoms with Crippen LogP contribution in [0.2, 0.25) is 0 Å². The molecule has 0 aliphatic heterocycles. The van der Waals surface area contributed by atoms with E-state index < -0.39 is 0 Å². The third kappa shape index (κ3) is 6.00. The van der Waals surface area contributed by atoms with Gasteiger partial charge < -0.3 is 9.30 Å². The third-order valence-corrected chi connectivity index (χ3v) is 7.12. The van der Waals surface area contributed by atoms with Crippen LogP contribution in [0.1, 0.15) is 23.2 Å². The number of carbonyl (C=O) groups is 2. The molecule has 30 heavy (non-hydrogen) atoms. The standard InChI is InChI=1S/C22H24N2O3S3/c1-27-21(26)16-10-11-18-19(15-16)30-22(24(18)12-14-28-2)23-20(25)9-6-13-29-17-7-4-3-5-8-17/h3-5,7-8,10-11,15H,6,9,12-14H2,1-2H3. The fourth-order valence-corrected chi connectivity index (χ4v) is 5.25. The van der Waals surface area contributed by atoms with E-state index in [0.717, 1.165) is 34.7 Å². The van der Waals surface area contributed by atoms with E-state index in [2.05, 4.69) is 27.9 Å². The maximum absolute atomic E-state index is 12.5. The Bertz CT molecular complexity index is 1070. The van der Waals surface area contributed by atoms with Gasteiger partial charge in [0, 0.05) is 23.6 Å². The first kappa shape index (κ1) is 22.7. The van der Waals surface area contributed by atoms with Crippen molar-refractivity contribution in [1.82, 2.24) is 4.57 Å². The van der Waals surface area contributed by atoms with Crippen molar-refractivity contribution in [2.45, 2.75) is 24.3 Å². The Morgan fingerprint density at radius 2 is 1.93 bits per heavy atom. The number of nitrogens with zero attached hydrogens (tertiary/aromatic N) is 2. The normalized spacial score (nSPS) is 11.7. The molecule has 0 aliphatic carbocycles. The van der Waals surface area contributed by atoms with Crippen molar-refractivity contribution in [3.8, 4) is 0 Å². The number of fused-ring (bicyclic) bond motifs is 1. The second-order valence-electron chi connectivity index (χ2n) is 6.47. The van der Waals surface area contributed by atoms with Gasteiger partial charge in [0.2, 0.25) is 5.91 Å². The molecule has 1 amide bonds. The molecular formula is C22H24N2O3S3. The van der Waals surface area contributed by atoms with Gasteiger partial charge in [-0.15, -0.1) is 11.8 Å². The summed E-state index contributed by atoms with van der Waals surface area (Å²) < 4.78 is 7.80. The Kier molecular flexibility index (Phi) is 8.60. The quantitative estimate of drug-likeness (QED) is 0.259. The highest BCUT2D eigenvalue weighted by atomic mass is 32.2. The molecule has 0 spiro atoms. The molecule has 1 heterocycles. The molecular weight excluding hydrogens is 436 g/mol. The van der Waals surface area contributed by atoms with Gasteiger partial charge >= 0.3 is 5.97 Å². The summed E-state index contributed by atoms with van der Waals surface area (Å²) >= 11 is 4.93. The summed E-state index contributed by atoms with van der Waals surface area (Å²) in [6, 6.07) is 15.6. The molecule has 0 saturated heterocycles. The SMILES string of the molecule is COC(=O)c1ccc2c(c1)sc(=NC(=O)CCCSc1ccccc1)n2CCSC. The maximum atomic E-state index is 12.5. The fraction of sp³-hybridized carbons (Fsp3) is 0.318. The predicted octanol–water partition coefficient (Wildman–Crippen LogP) is 4.85. The van der Waals surface area contributed by atoms with Crippen LogP contribution in [-0.4, -0.2) is 41.3 Å². The number of ether oxygens (including phenoxy) is 1. The highest BCUT2D eigenvalue weighted by molar-refractivity contribution is 7.99. The van der Waals surface area contributed by atoms with Crippen LogP contribution >= 0.6 is 34.9 Å². The van der Waals surface area contributed by atoms with Gasteiger partial charge in [-0.2, -0.15) is 16.8 Å². The van der Waals surface area contributed by atoms with Crippen LogP contribution in [-0.2, 0) is 16.1 Å². The summed E-state index contributed by atoms with van der Waals surface area (Å²) in [6.07, 6.45) is 3.25. The first-order chi connectivity index (χ1) is 14.6. The Balaban J connectivity index is 1.75. The van der Waals surface area contributed by atoms with Crippen LogP contribution in [0, 0.1) is 0 Å². The number of hydrogen-bond donors (Lipinski definition) is 0. The van der Waals surface area contributed by atoms with Crippen molar-refractivity contribution in [3.05, 3.63) is 58.9 Å². The first-order valence-electron chi connectivity index (χ1n) is 9.58. The van der Waals surface area contributed by atoms with Gasteiger partial charge in [0.25, 0.3) is 0 Å². The number of esters is 1. The molecule has 1 aromatic heterocycles. The topological polar surface area (TPSA) is 60.7 Å². The van der Waals surface area contributed by atoms with Crippen molar-refractivity contribution < 1.29 is 14.3 Å². The monoisotopic (exact) mass is 460 g/mol. The van der Waals surface area contributed by atoms with Gasteiger partial charge in [0.05, 0.1) is 22.9 Å². The smallest absolute Gasteiger partial charge is 0.337 e. The van der Waals surface area contributed by atoms with Gasteiger partial charge in [-0.05, 0) is 48.8 Å². The van der Waals surface area contributed by atoms with E-state index in [0.29, 0.717) is 16.8 Å². The van der Waals surface area contributed by atoms with Crippen molar-refractivity contribution in [1.29, 1.82) is 0 Å². The number of thioether (sulfide) groups is 2. The Morgan fingerprint density at radius 1 is 1.13 bits per heavy atom. The molecule has 0 radical (unpaired) electrons. The second kappa shape index (κ2) is 11.4. The summed E-state index contributed by atoms with van der Waals surface area (Å²) in [5.41, 5.74) is 1.48. The number of hydrogen-bond acceptors (Lipinski definition) is 6. The summed E-state index contributed by atoms with van der Waals surface area (Å²) in [7, 11) is 1.37. The van der Waals surface area contributed by atoms with E-state index in [-0.39, 0.29) is 11.9 Å². The van der Waals surface area contributed by atoms with Gasteiger partial charge in [-0.1, -0.05) is 29.5 Å². The third-order valence-electron chi connectivity index (χ3n) is 4.39. The van der Waals surface area contributed by atoms with Crippen LogP contribution in [0.15, 0.2) is 58.4 Å². The molecule has 3 rings (SSSR count). The van der Waals surface area contributed by atoms with Crippen LogP contribution in [0.25, 0.3) is 10.2 Å². The van der Waals surface area contributed by atoms with E-state index in [4.69, 9.17) is 4.74 Å². The lowest BCUT2D eigenvalue weighted by atomic mass is 10.2. The number of rotatable bonds is 9. The number of aryl methyl sites for hydroxylation is 1. The molecule has 5 nitrogen and oxygen atoms in total. The molecule has 8 heteroatoms. The van der Waals surface area contributed by atoms with Crippen LogP contribution in [0.4, 0.5) is 0 Å². The zero-order valence-corrected chi connectivity index (χ0v) is 19.4. The van der Waals surface area contributed by atoms with E-state index >= 15 is 0 Å². The van der Waals surface area contributed by atoms with Crippen molar-refractivity contribution in [2.24, 2.45) is 4.99 Å². The average molecular weight is 461 g/mol. The molecule has 0 saturated carbocycles. The molecule has 158 valence electrons. The number of thiazole rings is 1. The summed E-state index contributed by atoms with van der Waals surface area (Å²) in [6.45, 7) is 0.759. The largest absolute Gasteiger partial charge is 0.465 e. The predicted molar refractivity (Wildman–Crippen MR) is 127 cm³/mol. The molecule has 0 unspecified atom stereocenters. The number of carbonyl (C=O) groups excluding carboxylic acids is 2. The summed E-state index contributed by atoms with van der Waals surface area (Å²) in [4.78, 5) is 30.6. The molecule has 0 atom stereocenters. The van der Waals surface area contributed by atoms with Crippen LogP contribution in [0.3, 0.4) is 0 Å². The highest BCUT2D eigenvalue weighted by Gasteiger charge is 2.12. The van der Waals surface area contributed by atoms with Gasteiger partial charge in [-0.25, -0.2) is 4.79 Å². The number of methoxy groups -OCH3 is 1. The Labute approximate surface area is 188 Å². The van der Waals surface area contributed by atoms with Crippen molar-refractivity contribution in [3.63, 3.8) is 0 Å². The lowest BCUT2D eigenvalue weighted by molar-refractivity contribution is -0.118. The molecule has 0 N–H and O–H groups in total. The molecule has 0 fully saturated rings. The van der Waals surface area contributed by atoms with Crippen LogP contribution in [0.5, 0.6) is 0 Å². The lowest BCUT2D eigenvalue weighted by Crippen LogP contribution is -2.18. The fourth-order valence-electron chi connectivity index (χ4n) is 2.89. The van der Waals surface area contributed by atoms with Crippen molar-refractivity contribution >= 4 is 57.0 Å². The van der Waals surface area contributed by atoms with E-state index in [9.17, 15) is 9.59 Å².